The molecule has 3 rings (SSSR count). The normalized spacial score (nSPS) is 17.0. The third kappa shape index (κ3) is 3.80. The Labute approximate surface area is 149 Å². The molecular formula is C18H15ClN2O4. The summed E-state index contributed by atoms with van der Waals surface area (Å²) in [5.74, 6) is -1.57. The molecule has 0 radical (unpaired) electrons. The molecule has 1 saturated heterocycles. The summed E-state index contributed by atoms with van der Waals surface area (Å²) in [6, 6.07) is 12.3. The van der Waals surface area contributed by atoms with Crippen molar-refractivity contribution in [3.8, 4) is 0 Å². The first-order valence-corrected chi connectivity index (χ1v) is 8.00. The van der Waals surface area contributed by atoms with Crippen LogP contribution in [0.15, 0.2) is 48.5 Å². The second-order valence-corrected chi connectivity index (χ2v) is 6.16. The molecule has 0 spiro atoms. The van der Waals surface area contributed by atoms with E-state index in [0.717, 1.165) is 5.56 Å². The smallest absolute Gasteiger partial charge is 0.335 e. The molecule has 1 aliphatic rings. The van der Waals surface area contributed by atoms with Crippen molar-refractivity contribution in [2.24, 2.45) is 0 Å². The molecule has 0 bridgehead atoms. The lowest BCUT2D eigenvalue weighted by molar-refractivity contribution is -0.139. The second-order valence-electron chi connectivity index (χ2n) is 5.73. The minimum Gasteiger partial charge on any atom is -0.478 e. The number of imide groups is 1. The Morgan fingerprint density at radius 3 is 2.36 bits per heavy atom. The van der Waals surface area contributed by atoms with Crippen molar-refractivity contribution in [3.05, 3.63) is 64.7 Å². The van der Waals surface area contributed by atoms with Gasteiger partial charge in [-0.15, -0.1) is 0 Å². The Morgan fingerprint density at radius 2 is 1.76 bits per heavy atom. The van der Waals surface area contributed by atoms with Crippen LogP contribution in [0.1, 0.15) is 22.3 Å². The Bertz CT molecular complexity index is 818. The molecule has 2 amide bonds. The molecule has 2 aromatic carbocycles. The molecule has 0 aliphatic carbocycles. The maximum absolute atomic E-state index is 12.5. The van der Waals surface area contributed by atoms with E-state index in [2.05, 4.69) is 5.32 Å². The number of amides is 2. The van der Waals surface area contributed by atoms with Crippen LogP contribution in [0, 0.1) is 0 Å². The van der Waals surface area contributed by atoms with E-state index in [4.69, 9.17) is 16.7 Å². The summed E-state index contributed by atoms with van der Waals surface area (Å²) in [5, 5.41) is 12.5. The molecule has 6 nitrogen and oxygen atoms in total. The summed E-state index contributed by atoms with van der Waals surface area (Å²) in [7, 11) is 0. The molecule has 0 saturated carbocycles. The van der Waals surface area contributed by atoms with Gasteiger partial charge in [0.25, 0.3) is 5.91 Å². The van der Waals surface area contributed by atoms with Gasteiger partial charge in [-0.25, -0.2) is 4.79 Å². The van der Waals surface area contributed by atoms with Crippen molar-refractivity contribution in [2.75, 3.05) is 5.32 Å². The molecule has 1 heterocycles. The summed E-state index contributed by atoms with van der Waals surface area (Å²) >= 11 is 5.84. The molecule has 25 heavy (non-hydrogen) atoms. The van der Waals surface area contributed by atoms with Gasteiger partial charge < -0.3 is 10.4 Å². The minimum absolute atomic E-state index is 0.0626. The molecule has 7 heteroatoms. The van der Waals surface area contributed by atoms with Gasteiger partial charge in [0.05, 0.1) is 18.5 Å². The lowest BCUT2D eigenvalue weighted by atomic mass is 10.2. The van der Waals surface area contributed by atoms with Crippen LogP contribution < -0.4 is 5.32 Å². The van der Waals surface area contributed by atoms with Gasteiger partial charge in [-0.05, 0) is 42.0 Å². The van der Waals surface area contributed by atoms with Gasteiger partial charge in [0, 0.05) is 10.7 Å². The maximum atomic E-state index is 12.5. The highest BCUT2D eigenvalue weighted by molar-refractivity contribution is 6.30. The molecule has 2 aromatic rings. The zero-order valence-corrected chi connectivity index (χ0v) is 13.9. The number of carbonyl (C=O) groups excluding carboxylic acids is 2. The summed E-state index contributed by atoms with van der Waals surface area (Å²) in [5.41, 5.74) is 1.56. The first kappa shape index (κ1) is 17.0. The number of anilines is 1. The van der Waals surface area contributed by atoms with Crippen LogP contribution in [0.25, 0.3) is 0 Å². The van der Waals surface area contributed by atoms with Crippen LogP contribution in [0.3, 0.4) is 0 Å². The van der Waals surface area contributed by atoms with Gasteiger partial charge in [-0.2, -0.15) is 0 Å². The Hall–Kier alpha value is -2.86. The summed E-state index contributed by atoms with van der Waals surface area (Å²) in [4.78, 5) is 36.7. The van der Waals surface area contributed by atoms with Crippen molar-refractivity contribution < 1.29 is 19.5 Å². The quantitative estimate of drug-likeness (QED) is 0.802. The lowest BCUT2D eigenvalue weighted by Gasteiger charge is -2.16. The van der Waals surface area contributed by atoms with E-state index in [-0.39, 0.29) is 30.3 Å². The molecular weight excluding hydrogens is 344 g/mol. The molecule has 2 N–H and O–H groups in total. The number of carboxylic acid groups (broad SMARTS) is 1. The number of rotatable bonds is 5. The number of benzene rings is 2. The maximum Gasteiger partial charge on any atom is 0.335 e. The predicted octanol–water partition coefficient (Wildman–Crippen LogP) is 2.78. The number of carbonyl (C=O) groups is 3. The highest BCUT2D eigenvalue weighted by Gasteiger charge is 2.38. The number of halogens is 1. The van der Waals surface area contributed by atoms with Crippen LogP contribution in [-0.2, 0) is 16.1 Å². The number of likely N-dealkylation sites (tertiary alicyclic amines) is 1. The van der Waals surface area contributed by atoms with E-state index in [0.29, 0.717) is 10.7 Å². The zero-order valence-electron chi connectivity index (χ0n) is 13.1. The summed E-state index contributed by atoms with van der Waals surface area (Å²) < 4.78 is 0. The molecule has 0 aromatic heterocycles. The number of hydrogen-bond donors (Lipinski definition) is 2. The van der Waals surface area contributed by atoms with Crippen LogP contribution in [0.5, 0.6) is 0 Å². The Morgan fingerprint density at radius 1 is 1.12 bits per heavy atom. The van der Waals surface area contributed by atoms with E-state index in [1.807, 2.05) is 0 Å². The second kappa shape index (κ2) is 6.94. The highest BCUT2D eigenvalue weighted by Crippen LogP contribution is 2.21. The largest absolute Gasteiger partial charge is 0.478 e. The van der Waals surface area contributed by atoms with E-state index < -0.39 is 12.0 Å². The fourth-order valence-electron chi connectivity index (χ4n) is 2.64. The third-order valence-corrected chi connectivity index (χ3v) is 4.22. The predicted molar refractivity (Wildman–Crippen MR) is 92.4 cm³/mol. The molecule has 1 fully saturated rings. The summed E-state index contributed by atoms with van der Waals surface area (Å²) in [6.45, 7) is 0.199. The van der Waals surface area contributed by atoms with Crippen LogP contribution in [-0.4, -0.2) is 33.8 Å². The number of carboxylic acids is 1. The van der Waals surface area contributed by atoms with Crippen LogP contribution in [0.2, 0.25) is 5.02 Å². The van der Waals surface area contributed by atoms with Crippen molar-refractivity contribution in [3.63, 3.8) is 0 Å². The first-order chi connectivity index (χ1) is 11.9. The average molecular weight is 359 g/mol. The Balaban J connectivity index is 1.68. The zero-order chi connectivity index (χ0) is 18.0. The van der Waals surface area contributed by atoms with Gasteiger partial charge in [0.1, 0.15) is 6.04 Å². The SMILES string of the molecule is O=C(O)c1ccc(N[C@H]2CC(=O)N(Cc3ccc(Cl)cc3)C2=O)cc1. The minimum atomic E-state index is -1.02. The van der Waals surface area contributed by atoms with Gasteiger partial charge in [-0.3, -0.25) is 14.5 Å². The summed E-state index contributed by atoms with van der Waals surface area (Å²) in [6.07, 6.45) is 0.0626. The fraction of sp³-hybridized carbons (Fsp3) is 0.167. The monoisotopic (exact) mass is 358 g/mol. The first-order valence-electron chi connectivity index (χ1n) is 7.62. The topological polar surface area (TPSA) is 86.7 Å². The average Bonchev–Trinajstić information content (AvgIpc) is 2.85. The molecule has 0 unspecified atom stereocenters. The van der Waals surface area contributed by atoms with E-state index in [1.54, 1.807) is 36.4 Å². The number of nitrogens with one attached hydrogen (secondary N) is 1. The van der Waals surface area contributed by atoms with Crippen molar-refractivity contribution in [1.29, 1.82) is 0 Å². The fourth-order valence-corrected chi connectivity index (χ4v) is 2.77. The number of nitrogens with zero attached hydrogens (tertiary/aromatic N) is 1. The van der Waals surface area contributed by atoms with Gasteiger partial charge in [-0.1, -0.05) is 23.7 Å². The van der Waals surface area contributed by atoms with Gasteiger partial charge in [0.15, 0.2) is 0 Å². The van der Waals surface area contributed by atoms with Crippen molar-refractivity contribution in [2.45, 2.75) is 19.0 Å². The lowest BCUT2D eigenvalue weighted by Crippen LogP contribution is -2.34. The Kier molecular flexibility index (Phi) is 4.72. The van der Waals surface area contributed by atoms with Crippen molar-refractivity contribution >= 4 is 35.1 Å². The number of hydrogen-bond acceptors (Lipinski definition) is 4. The van der Waals surface area contributed by atoms with E-state index in [9.17, 15) is 14.4 Å². The van der Waals surface area contributed by atoms with E-state index >= 15 is 0 Å². The standard InChI is InChI=1S/C18H15ClN2O4/c19-13-5-1-11(2-6-13)10-21-16(22)9-15(17(21)23)20-14-7-3-12(4-8-14)18(24)25/h1-8,15,20H,9-10H2,(H,24,25)/t15-/m0/s1. The molecule has 1 atom stereocenters. The van der Waals surface area contributed by atoms with Gasteiger partial charge >= 0.3 is 5.97 Å². The van der Waals surface area contributed by atoms with Gasteiger partial charge in [0.2, 0.25) is 5.91 Å². The number of aromatic carboxylic acids is 1. The van der Waals surface area contributed by atoms with E-state index in [1.165, 1.54) is 17.0 Å². The molecule has 1 aliphatic heterocycles. The van der Waals surface area contributed by atoms with Crippen LogP contribution in [0.4, 0.5) is 5.69 Å². The van der Waals surface area contributed by atoms with Crippen LogP contribution >= 0.6 is 11.6 Å². The van der Waals surface area contributed by atoms with Crippen molar-refractivity contribution in [1.82, 2.24) is 4.90 Å². The molecule has 128 valence electrons. The highest BCUT2D eigenvalue weighted by atomic mass is 35.5. The third-order valence-electron chi connectivity index (χ3n) is 3.97.